The number of rotatable bonds is 7. The van der Waals surface area contributed by atoms with Gasteiger partial charge in [0, 0.05) is 18.9 Å². The van der Waals surface area contributed by atoms with Crippen molar-refractivity contribution in [2.75, 3.05) is 6.61 Å². The average Bonchev–Trinajstić information content (AvgIpc) is 3.28. The monoisotopic (exact) mass is 657 g/mol. The zero-order valence-electron chi connectivity index (χ0n) is 25.1. The molecule has 1 saturated heterocycles. The summed E-state index contributed by atoms with van der Waals surface area (Å²) in [5.41, 5.74) is -5.57. The molecule has 1 aliphatic heterocycles. The number of allylic oxidation sites excluding steroid dienone is 4. The molecule has 0 aromatic rings. The summed E-state index contributed by atoms with van der Waals surface area (Å²) in [5.74, 6) is -0.617. The van der Waals surface area contributed by atoms with Crippen LogP contribution >= 0.6 is 0 Å². The fourth-order valence-corrected chi connectivity index (χ4v) is 9.35. The maximum atomic E-state index is 14.0. The molecule has 14 heteroatoms. The lowest BCUT2D eigenvalue weighted by molar-refractivity contribution is -0.283. The van der Waals surface area contributed by atoms with Crippen LogP contribution in [-0.2, 0) is 28.6 Å². The fraction of sp³-hybridized carbons (Fsp3) is 0.833. The Morgan fingerprint density at radius 2 is 1.77 bits per heavy atom. The third-order valence-electron chi connectivity index (χ3n) is 11.1. The van der Waals surface area contributed by atoms with E-state index in [1.807, 2.05) is 6.08 Å². The van der Waals surface area contributed by atoms with E-state index in [1.54, 1.807) is 0 Å². The number of amides is 1. The summed E-state index contributed by atoms with van der Waals surface area (Å²) < 4.78 is 119. The minimum atomic E-state index is -5.75. The van der Waals surface area contributed by atoms with Crippen molar-refractivity contribution in [3.05, 3.63) is 23.5 Å². The average molecular weight is 658 g/mol. The first-order valence-electron chi connectivity index (χ1n) is 15.4. The maximum absolute atomic E-state index is 14.0. The highest BCUT2D eigenvalue weighted by Gasteiger charge is 2.60. The van der Waals surface area contributed by atoms with Crippen molar-refractivity contribution in [1.82, 2.24) is 5.32 Å². The Morgan fingerprint density at radius 1 is 1.05 bits per heavy atom. The van der Waals surface area contributed by atoms with Gasteiger partial charge in [-0.2, -0.15) is 34.8 Å². The highest BCUT2D eigenvalue weighted by molar-refractivity contribution is 7.87. The molecule has 250 valence electrons. The van der Waals surface area contributed by atoms with E-state index in [4.69, 9.17) is 9.47 Å². The van der Waals surface area contributed by atoms with E-state index in [0.717, 1.165) is 24.8 Å². The molecular formula is C30H41F6NO6S. The van der Waals surface area contributed by atoms with Crippen molar-refractivity contribution in [3.8, 4) is 0 Å². The SMILES string of the molecule is CC(NC(=O)[C@H]1CC[C@H]2[C@@H]3CC=C4C=C(OS(=O)(=O)C(F)(F)F)CC[C@]4(C)[C@H]3CC[C@]12C)C(OC1CCCCO1)C(F)(F)F. The molecule has 0 spiro atoms. The number of halogens is 6. The van der Waals surface area contributed by atoms with Gasteiger partial charge in [0.25, 0.3) is 0 Å². The predicted molar refractivity (Wildman–Crippen MR) is 147 cm³/mol. The Morgan fingerprint density at radius 3 is 2.41 bits per heavy atom. The lowest BCUT2D eigenvalue weighted by atomic mass is 9.48. The molecule has 3 fully saturated rings. The van der Waals surface area contributed by atoms with Gasteiger partial charge in [-0.05, 0) is 105 Å². The number of hydrogen-bond acceptors (Lipinski definition) is 6. The molecule has 0 radical (unpaired) electrons. The first-order valence-corrected chi connectivity index (χ1v) is 16.8. The van der Waals surface area contributed by atoms with Crippen LogP contribution < -0.4 is 5.32 Å². The Bertz CT molecular complexity index is 1280. The summed E-state index contributed by atoms with van der Waals surface area (Å²) >= 11 is 0. The van der Waals surface area contributed by atoms with Gasteiger partial charge in [-0.15, -0.1) is 0 Å². The molecule has 9 atom stereocenters. The van der Waals surface area contributed by atoms with Gasteiger partial charge >= 0.3 is 21.8 Å². The van der Waals surface area contributed by atoms with Crippen LogP contribution in [0.3, 0.4) is 0 Å². The third kappa shape index (κ3) is 6.15. The van der Waals surface area contributed by atoms with E-state index < -0.39 is 62.9 Å². The molecule has 0 aromatic carbocycles. The summed E-state index contributed by atoms with van der Waals surface area (Å²) in [5, 5.41) is 2.63. The molecule has 4 aliphatic carbocycles. The summed E-state index contributed by atoms with van der Waals surface area (Å²) in [6.07, 6.45) is 1.16. The molecule has 1 N–H and O–H groups in total. The molecular weight excluding hydrogens is 616 g/mol. The second-order valence-corrected chi connectivity index (χ2v) is 15.2. The zero-order chi connectivity index (χ0) is 32.3. The van der Waals surface area contributed by atoms with E-state index in [-0.39, 0.29) is 29.9 Å². The van der Waals surface area contributed by atoms with Gasteiger partial charge in [-0.1, -0.05) is 19.9 Å². The summed E-state index contributed by atoms with van der Waals surface area (Å²) in [6, 6.07) is -1.31. The van der Waals surface area contributed by atoms with E-state index in [9.17, 15) is 39.6 Å². The van der Waals surface area contributed by atoms with Crippen LogP contribution in [0.15, 0.2) is 23.5 Å². The topological polar surface area (TPSA) is 90.9 Å². The number of ether oxygens (including phenoxy) is 2. The lowest BCUT2D eigenvalue weighted by Crippen LogP contribution is -2.55. The Balaban J connectivity index is 1.28. The number of carbonyl (C=O) groups is 1. The van der Waals surface area contributed by atoms with Crippen molar-refractivity contribution < 1.29 is 53.2 Å². The van der Waals surface area contributed by atoms with Crippen molar-refractivity contribution in [3.63, 3.8) is 0 Å². The van der Waals surface area contributed by atoms with Crippen LogP contribution in [0.1, 0.15) is 85.0 Å². The zero-order valence-corrected chi connectivity index (χ0v) is 25.9. The second-order valence-electron chi connectivity index (χ2n) is 13.6. The van der Waals surface area contributed by atoms with Crippen LogP contribution in [0.25, 0.3) is 0 Å². The molecule has 1 heterocycles. The van der Waals surface area contributed by atoms with Gasteiger partial charge < -0.3 is 19.0 Å². The smallest absolute Gasteiger partial charge is 0.381 e. The lowest BCUT2D eigenvalue weighted by Gasteiger charge is -2.56. The van der Waals surface area contributed by atoms with Crippen LogP contribution in [0.2, 0.25) is 0 Å². The fourth-order valence-electron chi connectivity index (χ4n) is 8.85. The van der Waals surface area contributed by atoms with E-state index in [0.29, 0.717) is 45.1 Å². The molecule has 5 rings (SSSR count). The number of fused-ring (bicyclic) bond motifs is 5. The van der Waals surface area contributed by atoms with Crippen LogP contribution in [0.4, 0.5) is 26.3 Å². The van der Waals surface area contributed by atoms with Gasteiger partial charge in [0.15, 0.2) is 12.4 Å². The summed E-state index contributed by atoms with van der Waals surface area (Å²) in [7, 11) is -5.75. The van der Waals surface area contributed by atoms with Crippen molar-refractivity contribution >= 4 is 16.0 Å². The Hall–Kier alpha value is -1.80. The minimum Gasteiger partial charge on any atom is -0.381 e. The molecule has 3 unspecified atom stereocenters. The van der Waals surface area contributed by atoms with Gasteiger partial charge in [-0.25, -0.2) is 0 Å². The van der Waals surface area contributed by atoms with E-state index >= 15 is 0 Å². The molecule has 0 bridgehead atoms. The van der Waals surface area contributed by atoms with Crippen molar-refractivity contribution in [2.24, 2.45) is 34.5 Å². The van der Waals surface area contributed by atoms with E-state index in [1.165, 1.54) is 13.0 Å². The maximum Gasteiger partial charge on any atom is 0.534 e. The normalized spacial score (nSPS) is 37.4. The van der Waals surface area contributed by atoms with Gasteiger partial charge in [0.2, 0.25) is 5.91 Å². The van der Waals surface area contributed by atoms with Crippen molar-refractivity contribution in [2.45, 2.75) is 115 Å². The first kappa shape index (κ1) is 33.6. The Kier molecular flexibility index (Phi) is 8.98. The number of hydrogen-bond donors (Lipinski definition) is 1. The van der Waals surface area contributed by atoms with Gasteiger partial charge in [-0.3, -0.25) is 4.79 Å². The molecule has 44 heavy (non-hydrogen) atoms. The number of nitrogens with one attached hydrogen (secondary N) is 1. The first-order chi connectivity index (χ1) is 20.4. The number of carbonyl (C=O) groups excluding carboxylic acids is 1. The van der Waals surface area contributed by atoms with Crippen LogP contribution in [0, 0.1) is 34.5 Å². The molecule has 5 aliphatic rings. The molecule has 2 saturated carbocycles. The highest BCUT2D eigenvalue weighted by Crippen LogP contribution is 2.66. The molecule has 0 aromatic heterocycles. The quantitative estimate of drug-likeness (QED) is 0.182. The van der Waals surface area contributed by atoms with Crippen LogP contribution in [0.5, 0.6) is 0 Å². The second kappa shape index (κ2) is 11.8. The van der Waals surface area contributed by atoms with E-state index in [2.05, 4.69) is 23.3 Å². The highest BCUT2D eigenvalue weighted by atomic mass is 32.2. The number of alkyl halides is 6. The molecule has 1 amide bonds. The predicted octanol–water partition coefficient (Wildman–Crippen LogP) is 6.90. The van der Waals surface area contributed by atoms with Gasteiger partial charge in [0.1, 0.15) is 5.76 Å². The summed E-state index contributed by atoms with van der Waals surface area (Å²) in [4.78, 5) is 13.6. The standard InChI is InChI=1S/C30H41F6NO6S/c1-17(25(29(31,32)33)42-24-6-4-5-15-41-24)37-26(38)23-10-9-21-20-8-7-18-16-19(43-44(39,40)30(34,35)36)11-13-27(18,2)22(20)12-14-28(21,23)3/h7,16-17,20-25H,4-6,8-15H2,1-3H3,(H,37,38)/t17?,20-,21-,22-,23+,24?,25?,27-,28-/m0/s1. The third-order valence-corrected chi connectivity index (χ3v) is 12.1. The van der Waals surface area contributed by atoms with Crippen LogP contribution in [-0.4, -0.2) is 51.1 Å². The Labute approximate surface area is 254 Å². The summed E-state index contributed by atoms with van der Waals surface area (Å²) in [6.45, 7) is 5.76. The van der Waals surface area contributed by atoms with Gasteiger partial charge in [0.05, 0.1) is 6.04 Å². The minimum absolute atomic E-state index is 0.0472. The largest absolute Gasteiger partial charge is 0.534 e. The molecule has 7 nitrogen and oxygen atoms in total. The van der Waals surface area contributed by atoms with Crippen molar-refractivity contribution in [1.29, 1.82) is 0 Å².